The summed E-state index contributed by atoms with van der Waals surface area (Å²) in [5.41, 5.74) is 2.88. The first-order valence-corrected chi connectivity index (χ1v) is 6.95. The van der Waals surface area contributed by atoms with Crippen molar-refractivity contribution in [2.24, 2.45) is 0 Å². The minimum Gasteiger partial charge on any atom is -0.484 e. The molecule has 2 rings (SSSR count). The Morgan fingerprint density at radius 1 is 1.36 bits per heavy atom. The lowest BCUT2D eigenvalue weighted by Crippen LogP contribution is -2.25. The Balaban J connectivity index is 2.00. The third kappa shape index (κ3) is 3.43. The first kappa shape index (κ1) is 16.0. The lowest BCUT2D eigenvalue weighted by atomic mass is 10.2. The van der Waals surface area contributed by atoms with Crippen LogP contribution in [0.5, 0.6) is 5.75 Å². The van der Waals surface area contributed by atoms with Gasteiger partial charge in [0.05, 0.1) is 17.2 Å². The van der Waals surface area contributed by atoms with Crippen LogP contribution in [0.15, 0.2) is 24.3 Å². The smallest absolute Gasteiger partial charge is 0.310 e. The highest BCUT2D eigenvalue weighted by atomic mass is 16.6. The Labute approximate surface area is 128 Å². The maximum atomic E-state index is 10.9. The van der Waals surface area contributed by atoms with Crippen molar-refractivity contribution in [2.75, 3.05) is 6.61 Å². The molecule has 7 nitrogen and oxygen atoms in total. The molecule has 0 saturated carbocycles. The number of aliphatic hydroxyl groups excluding tert-OH is 1. The van der Waals surface area contributed by atoms with Gasteiger partial charge in [0.25, 0.3) is 0 Å². The molecular weight excluding hydrogens is 286 g/mol. The molecule has 118 valence electrons. The fourth-order valence-electron chi connectivity index (χ4n) is 2.13. The van der Waals surface area contributed by atoms with E-state index in [2.05, 4.69) is 5.10 Å². The van der Waals surface area contributed by atoms with Crippen molar-refractivity contribution in [2.45, 2.75) is 33.4 Å². The zero-order valence-electron chi connectivity index (χ0n) is 12.8. The zero-order valence-corrected chi connectivity index (χ0v) is 12.8. The Kier molecular flexibility index (Phi) is 4.77. The van der Waals surface area contributed by atoms with E-state index >= 15 is 0 Å². The number of benzene rings is 1. The van der Waals surface area contributed by atoms with Gasteiger partial charge in [-0.15, -0.1) is 0 Å². The third-order valence-corrected chi connectivity index (χ3v) is 3.62. The highest BCUT2D eigenvalue weighted by Crippen LogP contribution is 2.25. The number of nitro benzene ring substituents is 1. The molecule has 1 aromatic carbocycles. The van der Waals surface area contributed by atoms with Gasteiger partial charge in [0.15, 0.2) is 5.75 Å². The number of aliphatic hydroxyl groups is 1. The van der Waals surface area contributed by atoms with E-state index in [4.69, 9.17) is 4.74 Å². The molecule has 0 aliphatic carbocycles. The maximum absolute atomic E-state index is 10.9. The Morgan fingerprint density at radius 2 is 2.05 bits per heavy atom. The van der Waals surface area contributed by atoms with Crippen LogP contribution >= 0.6 is 0 Å². The van der Waals surface area contributed by atoms with Crippen molar-refractivity contribution in [3.05, 3.63) is 51.3 Å². The van der Waals surface area contributed by atoms with Crippen molar-refractivity contribution < 1.29 is 14.8 Å². The molecule has 0 saturated heterocycles. The van der Waals surface area contributed by atoms with Gasteiger partial charge in [-0.3, -0.25) is 14.8 Å². The second-order valence-electron chi connectivity index (χ2n) is 5.17. The minimum absolute atomic E-state index is 0.0394. The summed E-state index contributed by atoms with van der Waals surface area (Å²) in [7, 11) is 0. The van der Waals surface area contributed by atoms with Gasteiger partial charge in [0.1, 0.15) is 12.7 Å². The number of rotatable bonds is 6. The predicted octanol–water partition coefficient (Wildman–Crippen LogP) is 2.16. The Morgan fingerprint density at radius 3 is 2.64 bits per heavy atom. The first-order chi connectivity index (χ1) is 10.4. The van der Waals surface area contributed by atoms with Gasteiger partial charge < -0.3 is 9.84 Å². The van der Waals surface area contributed by atoms with Crippen LogP contribution in [0, 0.1) is 30.9 Å². The molecule has 0 aliphatic heterocycles. The van der Waals surface area contributed by atoms with Crippen molar-refractivity contribution >= 4 is 5.69 Å². The number of hydrogen-bond donors (Lipinski definition) is 1. The van der Waals surface area contributed by atoms with Crippen LogP contribution in [-0.2, 0) is 6.54 Å². The normalized spacial score (nSPS) is 12.2. The van der Waals surface area contributed by atoms with Crippen molar-refractivity contribution in [1.29, 1.82) is 0 Å². The van der Waals surface area contributed by atoms with E-state index in [-0.39, 0.29) is 24.6 Å². The summed E-state index contributed by atoms with van der Waals surface area (Å²) in [6, 6.07) is 6.10. The highest BCUT2D eigenvalue weighted by Gasteiger charge is 2.16. The molecule has 0 fully saturated rings. The summed E-state index contributed by atoms with van der Waals surface area (Å²) in [5.74, 6) is 0.149. The molecule has 0 amide bonds. The van der Waals surface area contributed by atoms with Crippen molar-refractivity contribution in [1.82, 2.24) is 9.78 Å². The molecule has 1 unspecified atom stereocenters. The minimum atomic E-state index is -0.808. The van der Waals surface area contributed by atoms with Crippen LogP contribution in [0.2, 0.25) is 0 Å². The van der Waals surface area contributed by atoms with Crippen molar-refractivity contribution in [3.63, 3.8) is 0 Å². The summed E-state index contributed by atoms with van der Waals surface area (Å²) in [4.78, 5) is 10.4. The monoisotopic (exact) mass is 305 g/mol. The van der Waals surface area contributed by atoms with Crippen LogP contribution in [0.25, 0.3) is 0 Å². The van der Waals surface area contributed by atoms with Crippen LogP contribution in [-0.4, -0.2) is 32.5 Å². The number of aromatic nitrogens is 2. The maximum Gasteiger partial charge on any atom is 0.310 e. The number of para-hydroxylation sites is 2. The van der Waals surface area contributed by atoms with Gasteiger partial charge in [-0.1, -0.05) is 12.1 Å². The molecule has 0 spiro atoms. The molecule has 1 aromatic heterocycles. The average molecular weight is 305 g/mol. The van der Waals surface area contributed by atoms with Crippen LogP contribution < -0.4 is 4.74 Å². The molecule has 7 heteroatoms. The van der Waals surface area contributed by atoms with E-state index < -0.39 is 11.0 Å². The second-order valence-corrected chi connectivity index (χ2v) is 5.17. The molecule has 0 bridgehead atoms. The Hall–Kier alpha value is -2.41. The molecule has 22 heavy (non-hydrogen) atoms. The van der Waals surface area contributed by atoms with Gasteiger partial charge in [0, 0.05) is 11.8 Å². The molecular formula is C15H19N3O4. The lowest BCUT2D eigenvalue weighted by molar-refractivity contribution is -0.385. The molecule has 0 aliphatic rings. The van der Waals surface area contributed by atoms with Gasteiger partial charge in [0.2, 0.25) is 0 Å². The standard InChI is InChI=1S/C15H19N3O4/c1-10-11(2)16-17(12(10)3)8-13(19)9-22-15-7-5-4-6-14(15)18(20)21/h4-7,13,19H,8-9H2,1-3H3. The largest absolute Gasteiger partial charge is 0.484 e. The SMILES string of the molecule is Cc1nn(CC(O)COc2ccccc2[N+](=O)[O-])c(C)c1C. The van der Waals surface area contributed by atoms with E-state index in [0.29, 0.717) is 0 Å². The summed E-state index contributed by atoms with van der Waals surface area (Å²) < 4.78 is 7.10. The van der Waals surface area contributed by atoms with Crippen LogP contribution in [0.1, 0.15) is 17.0 Å². The molecule has 0 radical (unpaired) electrons. The van der Waals surface area contributed by atoms with Gasteiger partial charge in [-0.2, -0.15) is 5.10 Å². The quantitative estimate of drug-likeness (QED) is 0.652. The van der Waals surface area contributed by atoms with E-state index in [1.165, 1.54) is 12.1 Å². The molecule has 1 N–H and O–H groups in total. The Bertz CT molecular complexity index is 681. The summed E-state index contributed by atoms with van der Waals surface area (Å²) >= 11 is 0. The average Bonchev–Trinajstić information content (AvgIpc) is 2.72. The topological polar surface area (TPSA) is 90.4 Å². The molecule has 1 atom stereocenters. The number of ether oxygens (including phenoxy) is 1. The van der Waals surface area contributed by atoms with Gasteiger partial charge in [-0.05, 0) is 32.4 Å². The fourth-order valence-corrected chi connectivity index (χ4v) is 2.13. The number of nitro groups is 1. The lowest BCUT2D eigenvalue weighted by Gasteiger charge is -2.13. The number of hydrogen-bond acceptors (Lipinski definition) is 5. The van der Waals surface area contributed by atoms with Gasteiger partial charge in [-0.25, -0.2) is 0 Å². The fraction of sp³-hybridized carbons (Fsp3) is 0.400. The van der Waals surface area contributed by atoms with E-state index in [1.807, 2.05) is 20.8 Å². The van der Waals surface area contributed by atoms with Crippen LogP contribution in [0.4, 0.5) is 5.69 Å². The highest BCUT2D eigenvalue weighted by molar-refractivity contribution is 5.45. The summed E-state index contributed by atoms with van der Waals surface area (Å²) in [6.45, 7) is 6.06. The number of aryl methyl sites for hydroxylation is 1. The summed E-state index contributed by atoms with van der Waals surface area (Å²) in [5, 5.41) is 25.3. The van der Waals surface area contributed by atoms with Gasteiger partial charge >= 0.3 is 5.69 Å². The van der Waals surface area contributed by atoms with E-state index in [9.17, 15) is 15.2 Å². The van der Waals surface area contributed by atoms with E-state index in [1.54, 1.807) is 16.8 Å². The third-order valence-electron chi connectivity index (χ3n) is 3.62. The zero-order chi connectivity index (χ0) is 16.3. The number of nitrogens with zero attached hydrogens (tertiary/aromatic N) is 3. The first-order valence-electron chi connectivity index (χ1n) is 6.95. The predicted molar refractivity (Wildman–Crippen MR) is 81.0 cm³/mol. The van der Waals surface area contributed by atoms with Crippen molar-refractivity contribution in [3.8, 4) is 5.75 Å². The van der Waals surface area contributed by atoms with Crippen LogP contribution in [0.3, 0.4) is 0 Å². The summed E-state index contributed by atoms with van der Waals surface area (Å²) in [6.07, 6.45) is -0.808. The molecule has 2 aromatic rings. The molecule has 1 heterocycles. The second kappa shape index (κ2) is 6.57. The van der Waals surface area contributed by atoms with E-state index in [0.717, 1.165) is 17.0 Å².